The van der Waals surface area contributed by atoms with Crippen LogP contribution >= 0.6 is 0 Å². The number of likely N-dealkylation sites (tertiary alicyclic amines) is 1. The third-order valence-corrected chi connectivity index (χ3v) is 7.93. The molecule has 4 rings (SSSR count). The number of hydrogen-bond acceptors (Lipinski definition) is 5. The molecule has 0 bridgehead atoms. The topological polar surface area (TPSA) is 85.6 Å². The molecule has 1 aromatic heterocycles. The average Bonchev–Trinajstić information content (AvgIpc) is 3.18. The van der Waals surface area contributed by atoms with E-state index in [9.17, 15) is 14.4 Å². The zero-order valence-corrected chi connectivity index (χ0v) is 22.2. The van der Waals surface area contributed by atoms with Gasteiger partial charge < -0.3 is 19.7 Å². The number of aromatic nitrogens is 2. The number of ether oxygens (including phenoxy) is 1. The van der Waals surface area contributed by atoms with Crippen LogP contribution in [-0.2, 0) is 21.4 Å². The van der Waals surface area contributed by atoms with Crippen molar-refractivity contribution < 1.29 is 14.3 Å². The van der Waals surface area contributed by atoms with Crippen molar-refractivity contribution in [1.82, 2.24) is 19.4 Å². The molecule has 2 heterocycles. The molecule has 1 aliphatic heterocycles. The maximum atomic E-state index is 13.0. The molecule has 200 valence electrons. The van der Waals surface area contributed by atoms with Gasteiger partial charge in [-0.05, 0) is 50.2 Å². The van der Waals surface area contributed by atoms with E-state index in [1.165, 1.54) is 47.8 Å². The van der Waals surface area contributed by atoms with Crippen LogP contribution in [-0.4, -0.2) is 65.6 Å². The number of piperidine rings is 1. The summed E-state index contributed by atoms with van der Waals surface area (Å²) in [6.07, 6.45) is 10.5. The van der Waals surface area contributed by atoms with Crippen LogP contribution in [0.3, 0.4) is 0 Å². The lowest BCUT2D eigenvalue weighted by Gasteiger charge is -2.35. The molecule has 0 spiro atoms. The standard InChI is InChI=1S/C29H40N4O4/c1-30-27(35)14-13-24(21-34)33-26-12-6-10-23(28(26)31(2)29(33)36)11-7-19-37-25-15-17-32(18-16-25)20-22-8-4-3-5-9-22/h6,10,12,21-22,24-25H,3-5,8-9,13-20H2,1-2H3,(H,30,35). The summed E-state index contributed by atoms with van der Waals surface area (Å²) in [6, 6.07) is 4.81. The van der Waals surface area contributed by atoms with E-state index < -0.39 is 6.04 Å². The Morgan fingerprint density at radius 3 is 2.65 bits per heavy atom. The Bertz CT molecular complexity index is 1190. The predicted octanol–water partition coefficient (Wildman–Crippen LogP) is 3.02. The number of fused-ring (bicyclic) bond motifs is 1. The zero-order valence-electron chi connectivity index (χ0n) is 22.2. The minimum absolute atomic E-state index is 0.165. The number of carbonyl (C=O) groups excluding carboxylic acids is 2. The minimum atomic E-state index is -0.718. The Labute approximate surface area is 219 Å². The maximum Gasteiger partial charge on any atom is 0.329 e. The number of aryl methyl sites for hydroxylation is 1. The molecule has 1 aliphatic carbocycles. The predicted molar refractivity (Wildman–Crippen MR) is 144 cm³/mol. The van der Waals surface area contributed by atoms with E-state index in [4.69, 9.17) is 4.74 Å². The number of benzene rings is 1. The molecular formula is C29H40N4O4. The molecule has 1 N–H and O–H groups in total. The molecule has 1 atom stereocenters. The quantitative estimate of drug-likeness (QED) is 0.416. The van der Waals surface area contributed by atoms with E-state index >= 15 is 0 Å². The van der Waals surface area contributed by atoms with Crippen LogP contribution in [0.15, 0.2) is 23.0 Å². The van der Waals surface area contributed by atoms with Crippen molar-refractivity contribution in [3.8, 4) is 11.8 Å². The first kappa shape index (κ1) is 27.2. The summed E-state index contributed by atoms with van der Waals surface area (Å²) in [5, 5.41) is 2.55. The number of imidazole rings is 1. The van der Waals surface area contributed by atoms with Gasteiger partial charge in [-0.3, -0.25) is 13.9 Å². The van der Waals surface area contributed by atoms with Crippen molar-refractivity contribution in [2.45, 2.75) is 69.9 Å². The van der Waals surface area contributed by atoms with E-state index in [0.29, 0.717) is 17.6 Å². The molecular weight excluding hydrogens is 468 g/mol. The molecule has 1 saturated heterocycles. The fourth-order valence-corrected chi connectivity index (χ4v) is 5.81. The number of rotatable bonds is 9. The lowest BCUT2D eigenvalue weighted by molar-refractivity contribution is -0.121. The van der Waals surface area contributed by atoms with E-state index in [0.717, 1.165) is 43.7 Å². The van der Waals surface area contributed by atoms with E-state index in [2.05, 4.69) is 22.1 Å². The molecule has 1 aromatic carbocycles. The number of carbonyl (C=O) groups is 2. The van der Waals surface area contributed by atoms with Gasteiger partial charge in [0.1, 0.15) is 12.9 Å². The SMILES string of the molecule is CNC(=O)CCC(C=O)n1c(=O)n(C)c2c(C#CCOC3CCN(CC4CCCCC4)CC3)cccc21. The van der Waals surface area contributed by atoms with Gasteiger partial charge in [0, 0.05) is 40.2 Å². The number of nitrogens with one attached hydrogen (secondary N) is 1. The van der Waals surface area contributed by atoms with E-state index in [1.807, 2.05) is 18.2 Å². The van der Waals surface area contributed by atoms with Gasteiger partial charge in [0.05, 0.1) is 28.7 Å². The highest BCUT2D eigenvalue weighted by atomic mass is 16.5. The molecule has 8 heteroatoms. The monoisotopic (exact) mass is 508 g/mol. The maximum absolute atomic E-state index is 13.0. The second kappa shape index (κ2) is 13.1. The molecule has 1 unspecified atom stereocenters. The molecule has 0 radical (unpaired) electrons. The first-order chi connectivity index (χ1) is 18.0. The highest BCUT2D eigenvalue weighted by Crippen LogP contribution is 2.26. The van der Waals surface area contributed by atoms with Crippen molar-refractivity contribution in [1.29, 1.82) is 0 Å². The molecule has 1 saturated carbocycles. The van der Waals surface area contributed by atoms with Gasteiger partial charge in [-0.25, -0.2) is 4.79 Å². The van der Waals surface area contributed by atoms with Crippen LogP contribution < -0.4 is 11.0 Å². The largest absolute Gasteiger partial charge is 0.365 e. The Hall–Kier alpha value is -2.89. The number of hydrogen-bond donors (Lipinski definition) is 1. The number of aldehydes is 1. The first-order valence-electron chi connectivity index (χ1n) is 13.7. The Kier molecular flexibility index (Phi) is 9.59. The van der Waals surface area contributed by atoms with Crippen molar-refractivity contribution in [2.75, 3.05) is 33.3 Å². The van der Waals surface area contributed by atoms with Gasteiger partial charge in [0.25, 0.3) is 0 Å². The van der Waals surface area contributed by atoms with Gasteiger partial charge >= 0.3 is 5.69 Å². The molecule has 8 nitrogen and oxygen atoms in total. The smallest absolute Gasteiger partial charge is 0.329 e. The van der Waals surface area contributed by atoms with Gasteiger partial charge in [0.15, 0.2) is 0 Å². The Balaban J connectivity index is 1.37. The highest BCUT2D eigenvalue weighted by Gasteiger charge is 2.23. The average molecular weight is 509 g/mol. The van der Waals surface area contributed by atoms with Crippen molar-refractivity contribution in [2.24, 2.45) is 13.0 Å². The Morgan fingerprint density at radius 1 is 1.19 bits per heavy atom. The van der Waals surface area contributed by atoms with Crippen LogP contribution in [0.5, 0.6) is 0 Å². The van der Waals surface area contributed by atoms with E-state index in [-0.39, 0.29) is 30.5 Å². The van der Waals surface area contributed by atoms with Crippen LogP contribution in [0.1, 0.15) is 69.4 Å². The third kappa shape index (κ3) is 6.71. The minimum Gasteiger partial charge on any atom is -0.365 e. The summed E-state index contributed by atoms with van der Waals surface area (Å²) in [5.41, 5.74) is 1.74. The molecule has 2 aliphatic rings. The lowest BCUT2D eigenvalue weighted by atomic mass is 9.88. The summed E-state index contributed by atoms with van der Waals surface area (Å²) >= 11 is 0. The lowest BCUT2D eigenvalue weighted by Crippen LogP contribution is -2.40. The molecule has 37 heavy (non-hydrogen) atoms. The first-order valence-corrected chi connectivity index (χ1v) is 13.7. The Morgan fingerprint density at radius 2 is 1.95 bits per heavy atom. The zero-order chi connectivity index (χ0) is 26.2. The van der Waals surface area contributed by atoms with Crippen LogP contribution in [0.4, 0.5) is 0 Å². The van der Waals surface area contributed by atoms with Gasteiger partial charge in [-0.2, -0.15) is 0 Å². The fraction of sp³-hybridized carbons (Fsp3) is 0.621. The summed E-state index contributed by atoms with van der Waals surface area (Å²) in [4.78, 5) is 39.1. The van der Waals surface area contributed by atoms with Crippen LogP contribution in [0, 0.1) is 17.8 Å². The van der Waals surface area contributed by atoms with Crippen molar-refractivity contribution in [3.05, 3.63) is 34.2 Å². The third-order valence-electron chi connectivity index (χ3n) is 7.93. The summed E-state index contributed by atoms with van der Waals surface area (Å²) in [7, 11) is 3.24. The molecule has 2 fully saturated rings. The van der Waals surface area contributed by atoms with Crippen LogP contribution in [0.25, 0.3) is 11.0 Å². The molecule has 1 amide bonds. The number of nitrogens with zero attached hydrogens (tertiary/aromatic N) is 3. The van der Waals surface area contributed by atoms with Gasteiger partial charge in [0.2, 0.25) is 5.91 Å². The number of amides is 1. The fourth-order valence-electron chi connectivity index (χ4n) is 5.81. The molecule has 2 aromatic rings. The second-order valence-corrected chi connectivity index (χ2v) is 10.4. The van der Waals surface area contributed by atoms with Gasteiger partial charge in [-0.15, -0.1) is 0 Å². The number of para-hydroxylation sites is 1. The van der Waals surface area contributed by atoms with E-state index in [1.54, 1.807) is 14.1 Å². The summed E-state index contributed by atoms with van der Waals surface area (Å²) in [6.45, 7) is 3.79. The summed E-state index contributed by atoms with van der Waals surface area (Å²) < 4.78 is 9.07. The van der Waals surface area contributed by atoms with Crippen LogP contribution in [0.2, 0.25) is 0 Å². The van der Waals surface area contributed by atoms with Crippen molar-refractivity contribution >= 4 is 23.2 Å². The van der Waals surface area contributed by atoms with Gasteiger partial charge in [-0.1, -0.05) is 37.2 Å². The normalized spacial score (nSPS) is 18.3. The van der Waals surface area contributed by atoms with Crippen molar-refractivity contribution in [3.63, 3.8) is 0 Å². The highest BCUT2D eigenvalue weighted by molar-refractivity contribution is 5.84. The second-order valence-electron chi connectivity index (χ2n) is 10.4. The summed E-state index contributed by atoms with van der Waals surface area (Å²) in [5.74, 6) is 7.02.